The zero-order chi connectivity index (χ0) is 22.2. The number of halogens is 2. The molecule has 0 unspecified atom stereocenters. The number of hydrogen-bond donors (Lipinski definition) is 1. The maximum atomic E-state index is 12.8. The van der Waals surface area contributed by atoms with Crippen molar-refractivity contribution in [2.45, 2.75) is 6.92 Å². The van der Waals surface area contributed by atoms with Crippen LogP contribution >= 0.6 is 27.5 Å². The normalized spacial score (nSPS) is 11.1. The molecular formula is C25H16BrClN2O3. The van der Waals surface area contributed by atoms with Crippen LogP contribution < -0.4 is 5.32 Å². The molecule has 3 aromatic carbocycles. The van der Waals surface area contributed by atoms with Gasteiger partial charge in [-0.2, -0.15) is 0 Å². The van der Waals surface area contributed by atoms with Crippen molar-refractivity contribution in [3.05, 3.63) is 93.6 Å². The molecule has 0 aliphatic rings. The van der Waals surface area contributed by atoms with Gasteiger partial charge in [-0.1, -0.05) is 45.7 Å². The monoisotopic (exact) mass is 506 g/mol. The van der Waals surface area contributed by atoms with E-state index in [0.717, 1.165) is 21.1 Å². The molecule has 32 heavy (non-hydrogen) atoms. The Balaban J connectivity index is 1.40. The molecule has 0 saturated carbocycles. The quantitative estimate of drug-likeness (QED) is 0.270. The van der Waals surface area contributed by atoms with E-state index in [1.165, 1.54) is 0 Å². The zero-order valence-electron chi connectivity index (χ0n) is 16.9. The standard InChI is InChI=1S/C25H16BrClN2O3/c1-14-2-9-22-20(12-14)29-25(32-22)16-5-8-18(27)19(13-16)28-24(30)23-11-10-21(31-23)15-3-6-17(26)7-4-15/h2-13H,1H3,(H,28,30). The molecule has 5 nitrogen and oxygen atoms in total. The predicted molar refractivity (Wildman–Crippen MR) is 129 cm³/mol. The molecule has 5 aromatic rings. The van der Waals surface area contributed by atoms with E-state index in [1.54, 1.807) is 30.3 Å². The second-order valence-electron chi connectivity index (χ2n) is 7.31. The van der Waals surface area contributed by atoms with Gasteiger partial charge in [-0.3, -0.25) is 4.79 Å². The van der Waals surface area contributed by atoms with Crippen molar-refractivity contribution in [3.8, 4) is 22.8 Å². The highest BCUT2D eigenvalue weighted by Gasteiger charge is 2.16. The number of fused-ring (bicyclic) bond motifs is 1. The number of amides is 1. The average molecular weight is 508 g/mol. The van der Waals surface area contributed by atoms with E-state index >= 15 is 0 Å². The lowest BCUT2D eigenvalue weighted by molar-refractivity contribution is 0.0997. The second-order valence-corrected chi connectivity index (χ2v) is 8.63. The molecule has 0 radical (unpaired) electrons. The van der Waals surface area contributed by atoms with Gasteiger partial charge in [0.1, 0.15) is 11.3 Å². The maximum Gasteiger partial charge on any atom is 0.291 e. The van der Waals surface area contributed by atoms with Crippen molar-refractivity contribution in [2.24, 2.45) is 0 Å². The minimum absolute atomic E-state index is 0.182. The Morgan fingerprint density at radius 3 is 2.53 bits per heavy atom. The molecule has 0 saturated heterocycles. The van der Waals surface area contributed by atoms with E-state index in [2.05, 4.69) is 26.2 Å². The molecule has 5 rings (SSSR count). The fourth-order valence-electron chi connectivity index (χ4n) is 3.33. The number of aryl methyl sites for hydroxylation is 1. The molecular weight excluding hydrogens is 492 g/mol. The third kappa shape index (κ3) is 4.07. The number of rotatable bonds is 4. The zero-order valence-corrected chi connectivity index (χ0v) is 19.2. The molecule has 0 atom stereocenters. The number of hydrogen-bond acceptors (Lipinski definition) is 4. The lowest BCUT2D eigenvalue weighted by atomic mass is 10.2. The summed E-state index contributed by atoms with van der Waals surface area (Å²) in [5.74, 6) is 0.833. The molecule has 2 heterocycles. The van der Waals surface area contributed by atoms with Crippen molar-refractivity contribution in [1.82, 2.24) is 4.98 Å². The molecule has 1 N–H and O–H groups in total. The molecule has 1 amide bonds. The van der Waals surface area contributed by atoms with Gasteiger partial charge >= 0.3 is 0 Å². The first-order chi connectivity index (χ1) is 15.5. The summed E-state index contributed by atoms with van der Waals surface area (Å²) in [6.07, 6.45) is 0. The van der Waals surface area contributed by atoms with Crippen LogP contribution in [0.4, 0.5) is 5.69 Å². The summed E-state index contributed by atoms with van der Waals surface area (Å²) in [5.41, 5.74) is 4.59. The van der Waals surface area contributed by atoms with Crippen molar-refractivity contribution < 1.29 is 13.6 Å². The molecule has 7 heteroatoms. The van der Waals surface area contributed by atoms with Crippen LogP contribution in [-0.2, 0) is 0 Å². The van der Waals surface area contributed by atoms with Crippen LogP contribution in [0, 0.1) is 6.92 Å². The number of oxazole rings is 1. The Morgan fingerprint density at radius 2 is 1.72 bits per heavy atom. The molecule has 0 aliphatic carbocycles. The Labute approximate surface area is 197 Å². The van der Waals surface area contributed by atoms with Crippen LogP contribution in [0.15, 0.2) is 86.1 Å². The van der Waals surface area contributed by atoms with Gasteiger partial charge in [0, 0.05) is 15.6 Å². The van der Waals surface area contributed by atoms with Crippen LogP contribution in [0.2, 0.25) is 5.02 Å². The molecule has 2 aromatic heterocycles. The minimum atomic E-state index is -0.402. The molecule has 0 aliphatic heterocycles. The Bertz CT molecular complexity index is 1450. The van der Waals surface area contributed by atoms with Crippen LogP contribution in [0.3, 0.4) is 0 Å². The van der Waals surface area contributed by atoms with Gasteiger partial charge in [0.05, 0.1) is 10.7 Å². The van der Waals surface area contributed by atoms with Crippen molar-refractivity contribution >= 4 is 50.2 Å². The summed E-state index contributed by atoms with van der Waals surface area (Å²) in [6.45, 7) is 2.00. The number of aromatic nitrogens is 1. The van der Waals surface area contributed by atoms with Gasteiger partial charge in [-0.25, -0.2) is 4.98 Å². The minimum Gasteiger partial charge on any atom is -0.451 e. The first kappa shape index (κ1) is 20.5. The Hall–Kier alpha value is -3.35. The lowest BCUT2D eigenvalue weighted by Crippen LogP contribution is -2.11. The number of carbonyl (C=O) groups is 1. The van der Waals surface area contributed by atoms with Gasteiger partial charge in [0.15, 0.2) is 11.3 Å². The highest BCUT2D eigenvalue weighted by molar-refractivity contribution is 9.10. The van der Waals surface area contributed by atoms with Crippen molar-refractivity contribution in [2.75, 3.05) is 5.32 Å². The highest BCUT2D eigenvalue weighted by Crippen LogP contribution is 2.31. The number of nitrogens with zero attached hydrogens (tertiary/aromatic N) is 1. The van der Waals surface area contributed by atoms with E-state index in [0.29, 0.717) is 33.5 Å². The highest BCUT2D eigenvalue weighted by atomic mass is 79.9. The first-order valence-electron chi connectivity index (χ1n) is 9.80. The SMILES string of the molecule is Cc1ccc2oc(-c3ccc(Cl)c(NC(=O)c4ccc(-c5ccc(Br)cc5)o4)c3)nc2c1. The van der Waals surface area contributed by atoms with Crippen LogP contribution in [0.25, 0.3) is 33.9 Å². The maximum absolute atomic E-state index is 12.8. The third-order valence-corrected chi connectivity index (χ3v) is 5.82. The number of nitrogens with one attached hydrogen (secondary N) is 1. The van der Waals surface area contributed by atoms with E-state index in [-0.39, 0.29) is 5.76 Å². The summed E-state index contributed by atoms with van der Waals surface area (Å²) < 4.78 is 12.6. The summed E-state index contributed by atoms with van der Waals surface area (Å²) in [6, 6.07) is 22.1. The smallest absolute Gasteiger partial charge is 0.291 e. The lowest BCUT2D eigenvalue weighted by Gasteiger charge is -2.07. The molecule has 158 valence electrons. The van der Waals surface area contributed by atoms with E-state index < -0.39 is 5.91 Å². The van der Waals surface area contributed by atoms with Gasteiger partial charge in [-0.15, -0.1) is 0 Å². The topological polar surface area (TPSA) is 68.3 Å². The average Bonchev–Trinajstić information content (AvgIpc) is 3.43. The number of benzene rings is 3. The summed E-state index contributed by atoms with van der Waals surface area (Å²) >= 11 is 9.74. The summed E-state index contributed by atoms with van der Waals surface area (Å²) in [7, 11) is 0. The fourth-order valence-corrected chi connectivity index (χ4v) is 3.76. The Morgan fingerprint density at radius 1 is 0.938 bits per heavy atom. The predicted octanol–water partition coefficient (Wildman–Crippen LogP) is 7.73. The van der Waals surface area contributed by atoms with Gasteiger partial charge in [0.2, 0.25) is 5.89 Å². The molecule has 0 spiro atoms. The molecule has 0 fully saturated rings. The summed E-state index contributed by atoms with van der Waals surface area (Å²) in [4.78, 5) is 17.3. The van der Waals surface area contributed by atoms with E-state index in [9.17, 15) is 4.79 Å². The van der Waals surface area contributed by atoms with Gasteiger partial charge in [-0.05, 0) is 67.1 Å². The second kappa shape index (κ2) is 8.30. The number of carbonyl (C=O) groups excluding carboxylic acids is 1. The van der Waals surface area contributed by atoms with Crippen LogP contribution in [0.1, 0.15) is 16.1 Å². The largest absolute Gasteiger partial charge is 0.451 e. The van der Waals surface area contributed by atoms with Crippen molar-refractivity contribution in [1.29, 1.82) is 0 Å². The van der Waals surface area contributed by atoms with Crippen molar-refractivity contribution in [3.63, 3.8) is 0 Å². The first-order valence-corrected chi connectivity index (χ1v) is 11.0. The van der Waals surface area contributed by atoms with Crippen LogP contribution in [-0.4, -0.2) is 10.9 Å². The number of furan rings is 1. The number of anilines is 1. The van der Waals surface area contributed by atoms with E-state index in [4.69, 9.17) is 20.4 Å². The summed E-state index contributed by atoms with van der Waals surface area (Å²) in [5, 5.41) is 3.21. The third-order valence-electron chi connectivity index (χ3n) is 4.96. The molecule has 0 bridgehead atoms. The van der Waals surface area contributed by atoms with E-state index in [1.807, 2.05) is 49.4 Å². The van der Waals surface area contributed by atoms with Crippen LogP contribution in [0.5, 0.6) is 0 Å². The van der Waals surface area contributed by atoms with Gasteiger partial charge < -0.3 is 14.2 Å². The Kier molecular flexibility index (Phi) is 5.33. The van der Waals surface area contributed by atoms with Gasteiger partial charge in [0.25, 0.3) is 5.91 Å². The fraction of sp³-hybridized carbons (Fsp3) is 0.0400.